The van der Waals surface area contributed by atoms with Gasteiger partial charge in [-0.15, -0.1) is 6.58 Å². The average Bonchev–Trinajstić information content (AvgIpc) is 2.10. The van der Waals surface area contributed by atoms with Crippen molar-refractivity contribution in [3.8, 4) is 0 Å². The van der Waals surface area contributed by atoms with E-state index in [0.29, 0.717) is 0 Å². The second-order valence-electron chi connectivity index (χ2n) is 4.37. The van der Waals surface area contributed by atoms with Crippen molar-refractivity contribution >= 4 is 0 Å². The molecule has 0 aliphatic heterocycles. The summed E-state index contributed by atoms with van der Waals surface area (Å²) < 4.78 is 0. The minimum Gasteiger partial charge on any atom is -0.393 e. The summed E-state index contributed by atoms with van der Waals surface area (Å²) in [7, 11) is 0. The summed E-state index contributed by atoms with van der Waals surface area (Å²) in [5, 5.41) is 9.56. The molecule has 0 saturated carbocycles. The van der Waals surface area contributed by atoms with Crippen LogP contribution >= 0.6 is 0 Å². The topological polar surface area (TPSA) is 20.2 Å². The van der Waals surface area contributed by atoms with Gasteiger partial charge in [-0.1, -0.05) is 51.0 Å². The van der Waals surface area contributed by atoms with Gasteiger partial charge in [-0.3, -0.25) is 0 Å². The van der Waals surface area contributed by atoms with Crippen LogP contribution in [-0.2, 0) is 0 Å². The molecule has 1 atom stereocenters. The molecule has 1 nitrogen and oxygen atoms in total. The first-order valence-corrected chi connectivity index (χ1v) is 5.99. The number of rotatable bonds is 9. The number of aliphatic hydroxyl groups excluding tert-OH is 1. The van der Waals surface area contributed by atoms with Gasteiger partial charge >= 0.3 is 0 Å². The summed E-state index contributed by atoms with van der Waals surface area (Å²) in [4.78, 5) is 0. The van der Waals surface area contributed by atoms with Gasteiger partial charge in [0.25, 0.3) is 0 Å². The number of aliphatic hydroxyl groups is 1. The van der Waals surface area contributed by atoms with Crippen LogP contribution in [0.3, 0.4) is 0 Å². The molecule has 0 fully saturated rings. The molecule has 0 radical (unpaired) electrons. The molecule has 0 aliphatic carbocycles. The molecule has 1 heteroatoms. The van der Waals surface area contributed by atoms with Crippen LogP contribution in [0, 0.1) is 0 Å². The van der Waals surface area contributed by atoms with Crippen molar-refractivity contribution in [2.75, 3.05) is 0 Å². The maximum atomic E-state index is 9.56. The third kappa shape index (κ3) is 9.79. The Balaban J connectivity index is 3.14. The Morgan fingerprint density at radius 2 is 1.71 bits per heavy atom. The number of hydrogen-bond donors (Lipinski definition) is 1. The summed E-state index contributed by atoms with van der Waals surface area (Å²) >= 11 is 0. The van der Waals surface area contributed by atoms with Gasteiger partial charge < -0.3 is 5.11 Å². The summed E-state index contributed by atoms with van der Waals surface area (Å²) in [6, 6.07) is 0. The van der Waals surface area contributed by atoms with Gasteiger partial charge in [0.15, 0.2) is 0 Å². The van der Waals surface area contributed by atoms with Gasteiger partial charge in [0.05, 0.1) is 6.10 Å². The normalized spacial score (nSPS) is 12.8. The molecular weight excluding hydrogens is 172 g/mol. The molecule has 0 aromatic heterocycles. The van der Waals surface area contributed by atoms with Crippen molar-refractivity contribution in [2.45, 2.75) is 71.3 Å². The van der Waals surface area contributed by atoms with Gasteiger partial charge in [0.1, 0.15) is 0 Å². The minimum absolute atomic E-state index is 0.154. The molecule has 0 spiro atoms. The average molecular weight is 198 g/mol. The van der Waals surface area contributed by atoms with Crippen LogP contribution in [0.25, 0.3) is 0 Å². The van der Waals surface area contributed by atoms with Crippen LogP contribution in [0.15, 0.2) is 12.2 Å². The Labute approximate surface area is 89.2 Å². The van der Waals surface area contributed by atoms with Gasteiger partial charge in [-0.2, -0.15) is 0 Å². The first-order valence-electron chi connectivity index (χ1n) is 5.99. The Bertz CT molecular complexity index is 140. The maximum Gasteiger partial charge on any atom is 0.0577 e. The van der Waals surface area contributed by atoms with E-state index < -0.39 is 0 Å². The Morgan fingerprint density at radius 3 is 2.29 bits per heavy atom. The Kier molecular flexibility index (Phi) is 9.06. The van der Waals surface area contributed by atoms with Crippen molar-refractivity contribution in [3.63, 3.8) is 0 Å². The Hall–Kier alpha value is -0.300. The third-order valence-corrected chi connectivity index (χ3v) is 2.47. The second kappa shape index (κ2) is 9.26. The number of hydrogen-bond acceptors (Lipinski definition) is 1. The fourth-order valence-corrected chi connectivity index (χ4v) is 1.66. The van der Waals surface area contributed by atoms with Crippen molar-refractivity contribution in [2.24, 2.45) is 0 Å². The molecule has 0 aromatic carbocycles. The first kappa shape index (κ1) is 13.7. The lowest BCUT2D eigenvalue weighted by molar-refractivity contribution is 0.161. The predicted molar refractivity (Wildman–Crippen MR) is 63.4 cm³/mol. The highest BCUT2D eigenvalue weighted by Gasteiger charge is 2.03. The second-order valence-corrected chi connectivity index (χ2v) is 4.37. The van der Waals surface area contributed by atoms with E-state index in [0.717, 1.165) is 24.8 Å². The highest BCUT2D eigenvalue weighted by atomic mass is 16.3. The third-order valence-electron chi connectivity index (χ3n) is 2.47. The smallest absolute Gasteiger partial charge is 0.0577 e. The molecule has 0 bridgehead atoms. The zero-order chi connectivity index (χ0) is 10.8. The quantitative estimate of drug-likeness (QED) is 0.437. The van der Waals surface area contributed by atoms with Crippen LogP contribution < -0.4 is 0 Å². The van der Waals surface area contributed by atoms with Gasteiger partial charge in [-0.25, -0.2) is 0 Å². The highest BCUT2D eigenvalue weighted by Crippen LogP contribution is 2.12. The maximum absolute atomic E-state index is 9.56. The molecule has 1 N–H and O–H groups in total. The van der Waals surface area contributed by atoms with Crippen LogP contribution in [0.1, 0.15) is 65.2 Å². The van der Waals surface area contributed by atoms with Crippen molar-refractivity contribution < 1.29 is 5.11 Å². The SMILES string of the molecule is C=C(C)CC(O)CCCCCCCC. The fourth-order valence-electron chi connectivity index (χ4n) is 1.66. The van der Waals surface area contributed by atoms with E-state index >= 15 is 0 Å². The van der Waals surface area contributed by atoms with Gasteiger partial charge in [0, 0.05) is 0 Å². The van der Waals surface area contributed by atoms with Crippen molar-refractivity contribution in [1.82, 2.24) is 0 Å². The molecule has 1 unspecified atom stereocenters. The first-order chi connectivity index (χ1) is 6.66. The zero-order valence-electron chi connectivity index (χ0n) is 9.89. The highest BCUT2D eigenvalue weighted by molar-refractivity contribution is 4.90. The van der Waals surface area contributed by atoms with Crippen LogP contribution in [-0.4, -0.2) is 11.2 Å². The van der Waals surface area contributed by atoms with E-state index in [1.54, 1.807) is 0 Å². The molecule has 0 aromatic rings. The van der Waals surface area contributed by atoms with Gasteiger partial charge in [-0.05, 0) is 19.8 Å². The number of unbranched alkanes of at least 4 members (excludes halogenated alkanes) is 5. The van der Waals surface area contributed by atoms with E-state index in [2.05, 4.69) is 13.5 Å². The minimum atomic E-state index is -0.154. The van der Waals surface area contributed by atoms with E-state index in [4.69, 9.17) is 0 Å². The van der Waals surface area contributed by atoms with Crippen molar-refractivity contribution in [1.29, 1.82) is 0 Å². The Morgan fingerprint density at radius 1 is 1.14 bits per heavy atom. The predicted octanol–water partition coefficient (Wildman–Crippen LogP) is 4.06. The molecule has 14 heavy (non-hydrogen) atoms. The lowest BCUT2D eigenvalue weighted by Gasteiger charge is -2.09. The molecule has 0 amide bonds. The van der Waals surface area contributed by atoms with Crippen LogP contribution in [0.5, 0.6) is 0 Å². The van der Waals surface area contributed by atoms with Crippen LogP contribution in [0.2, 0.25) is 0 Å². The molecule has 0 saturated heterocycles. The van der Waals surface area contributed by atoms with E-state index in [1.807, 2.05) is 6.92 Å². The van der Waals surface area contributed by atoms with E-state index in [9.17, 15) is 5.11 Å². The lowest BCUT2D eigenvalue weighted by atomic mass is 10.0. The lowest BCUT2D eigenvalue weighted by Crippen LogP contribution is -2.06. The molecule has 0 heterocycles. The summed E-state index contributed by atoms with van der Waals surface area (Å²) in [6.07, 6.45) is 9.34. The molecule has 0 rings (SSSR count). The summed E-state index contributed by atoms with van der Waals surface area (Å²) in [5.41, 5.74) is 1.09. The van der Waals surface area contributed by atoms with Gasteiger partial charge in [0.2, 0.25) is 0 Å². The van der Waals surface area contributed by atoms with Crippen molar-refractivity contribution in [3.05, 3.63) is 12.2 Å². The molecular formula is C13H26O. The summed E-state index contributed by atoms with van der Waals surface area (Å²) in [5.74, 6) is 0. The van der Waals surface area contributed by atoms with E-state index in [1.165, 1.54) is 32.1 Å². The molecule has 84 valence electrons. The van der Waals surface area contributed by atoms with E-state index in [-0.39, 0.29) is 6.10 Å². The summed E-state index contributed by atoms with van der Waals surface area (Å²) in [6.45, 7) is 8.01. The molecule has 0 aliphatic rings. The monoisotopic (exact) mass is 198 g/mol. The van der Waals surface area contributed by atoms with Crippen LogP contribution in [0.4, 0.5) is 0 Å². The zero-order valence-corrected chi connectivity index (χ0v) is 9.89. The largest absolute Gasteiger partial charge is 0.393 e. The standard InChI is InChI=1S/C13H26O/c1-4-5-6-7-8-9-10-13(14)11-12(2)3/h13-14H,2,4-11H2,1,3H3. The fraction of sp³-hybridized carbons (Fsp3) is 0.846.